The van der Waals surface area contributed by atoms with Gasteiger partial charge in [-0.1, -0.05) is 51.3 Å². The predicted molar refractivity (Wildman–Crippen MR) is 89.8 cm³/mol. The van der Waals surface area contributed by atoms with Crippen molar-refractivity contribution >= 4 is 0 Å². The number of benzene rings is 1. The molecule has 1 aliphatic rings. The van der Waals surface area contributed by atoms with Gasteiger partial charge >= 0.3 is 0 Å². The highest BCUT2D eigenvalue weighted by molar-refractivity contribution is 5.37. The number of aryl methyl sites for hydroxylation is 1. The van der Waals surface area contributed by atoms with E-state index in [4.69, 9.17) is 4.74 Å². The number of ether oxygens (including phenoxy) is 1. The Bertz CT molecular complexity index is 441. The van der Waals surface area contributed by atoms with Gasteiger partial charge < -0.3 is 10.1 Å². The van der Waals surface area contributed by atoms with E-state index in [2.05, 4.69) is 51.2 Å². The van der Waals surface area contributed by atoms with Gasteiger partial charge in [-0.05, 0) is 38.2 Å². The minimum Gasteiger partial charge on any atom is -0.490 e. The van der Waals surface area contributed by atoms with Crippen molar-refractivity contribution in [2.45, 2.75) is 78.5 Å². The molecule has 1 aliphatic carbocycles. The molecule has 1 fully saturated rings. The Kier molecular flexibility index (Phi) is 6.10. The van der Waals surface area contributed by atoms with Gasteiger partial charge in [0.15, 0.2) is 0 Å². The first-order valence-electron chi connectivity index (χ1n) is 8.58. The van der Waals surface area contributed by atoms with Crippen LogP contribution in [0.5, 0.6) is 5.75 Å². The fourth-order valence-corrected chi connectivity index (χ4v) is 3.17. The van der Waals surface area contributed by atoms with E-state index in [1.54, 1.807) is 0 Å². The molecule has 1 N–H and O–H groups in total. The van der Waals surface area contributed by atoms with Crippen molar-refractivity contribution < 1.29 is 4.74 Å². The average molecular weight is 289 g/mol. The minimum absolute atomic E-state index is 0.407. The Morgan fingerprint density at radius 1 is 1.29 bits per heavy atom. The first-order chi connectivity index (χ1) is 10.1. The number of nitrogens with one attached hydrogen (secondary N) is 1. The van der Waals surface area contributed by atoms with Crippen molar-refractivity contribution in [3.05, 3.63) is 29.3 Å². The molecule has 21 heavy (non-hydrogen) atoms. The second-order valence-corrected chi connectivity index (χ2v) is 6.83. The highest BCUT2D eigenvalue weighted by Crippen LogP contribution is 2.31. The fourth-order valence-electron chi connectivity index (χ4n) is 3.17. The molecule has 0 aliphatic heterocycles. The van der Waals surface area contributed by atoms with Gasteiger partial charge in [0.1, 0.15) is 5.75 Å². The van der Waals surface area contributed by atoms with Gasteiger partial charge in [0, 0.05) is 18.2 Å². The maximum absolute atomic E-state index is 6.37. The SMILES string of the molecule is CCC1CCCC(Oc2ccc(C)cc2CNC(C)C)C1. The Labute approximate surface area is 130 Å². The van der Waals surface area contributed by atoms with Gasteiger partial charge in [-0.3, -0.25) is 0 Å². The lowest BCUT2D eigenvalue weighted by atomic mass is 9.85. The van der Waals surface area contributed by atoms with Gasteiger partial charge in [-0.25, -0.2) is 0 Å². The third kappa shape index (κ3) is 5.03. The molecular formula is C19H31NO. The van der Waals surface area contributed by atoms with E-state index in [0.29, 0.717) is 12.1 Å². The molecule has 0 spiro atoms. The molecule has 0 bridgehead atoms. The van der Waals surface area contributed by atoms with E-state index in [0.717, 1.165) is 18.2 Å². The van der Waals surface area contributed by atoms with Gasteiger partial charge in [-0.15, -0.1) is 0 Å². The Morgan fingerprint density at radius 2 is 2.10 bits per heavy atom. The van der Waals surface area contributed by atoms with Crippen LogP contribution in [0, 0.1) is 12.8 Å². The molecule has 0 amide bonds. The van der Waals surface area contributed by atoms with Crippen molar-refractivity contribution in [2.75, 3.05) is 0 Å². The third-order valence-corrected chi connectivity index (χ3v) is 4.52. The van der Waals surface area contributed by atoms with Crippen molar-refractivity contribution in [1.82, 2.24) is 5.32 Å². The summed E-state index contributed by atoms with van der Waals surface area (Å²) < 4.78 is 6.37. The molecule has 2 atom stereocenters. The summed E-state index contributed by atoms with van der Waals surface area (Å²) in [4.78, 5) is 0. The molecular weight excluding hydrogens is 258 g/mol. The minimum atomic E-state index is 0.407. The molecule has 0 saturated heterocycles. The van der Waals surface area contributed by atoms with Crippen LogP contribution >= 0.6 is 0 Å². The normalized spacial score (nSPS) is 22.5. The van der Waals surface area contributed by atoms with E-state index in [9.17, 15) is 0 Å². The maximum atomic E-state index is 6.37. The summed E-state index contributed by atoms with van der Waals surface area (Å²) in [6.45, 7) is 9.71. The highest BCUT2D eigenvalue weighted by atomic mass is 16.5. The van der Waals surface area contributed by atoms with E-state index < -0.39 is 0 Å². The van der Waals surface area contributed by atoms with E-state index in [1.165, 1.54) is 43.2 Å². The second-order valence-electron chi connectivity index (χ2n) is 6.83. The molecule has 1 saturated carbocycles. The summed E-state index contributed by atoms with van der Waals surface area (Å²) in [5, 5.41) is 3.51. The van der Waals surface area contributed by atoms with Crippen LogP contribution in [0.3, 0.4) is 0 Å². The quantitative estimate of drug-likeness (QED) is 0.809. The summed E-state index contributed by atoms with van der Waals surface area (Å²) in [6.07, 6.45) is 6.82. The standard InChI is InChI=1S/C19H31NO/c1-5-16-7-6-8-18(12-16)21-19-10-9-15(4)11-17(19)13-20-14(2)3/h9-11,14,16,18,20H,5-8,12-13H2,1-4H3. The zero-order valence-electron chi connectivity index (χ0n) is 14.1. The monoisotopic (exact) mass is 289 g/mol. The van der Waals surface area contributed by atoms with Gasteiger partial charge in [0.05, 0.1) is 6.10 Å². The molecule has 2 rings (SSSR count). The van der Waals surface area contributed by atoms with Crippen LogP contribution in [-0.4, -0.2) is 12.1 Å². The van der Waals surface area contributed by atoms with Crippen molar-refractivity contribution in [3.8, 4) is 5.75 Å². The summed E-state index contributed by atoms with van der Waals surface area (Å²) in [5.41, 5.74) is 2.60. The van der Waals surface area contributed by atoms with Crippen molar-refractivity contribution in [2.24, 2.45) is 5.92 Å². The van der Waals surface area contributed by atoms with Crippen LogP contribution < -0.4 is 10.1 Å². The maximum Gasteiger partial charge on any atom is 0.124 e. The summed E-state index contributed by atoms with van der Waals surface area (Å²) in [7, 11) is 0. The molecule has 2 nitrogen and oxygen atoms in total. The smallest absolute Gasteiger partial charge is 0.124 e. The zero-order valence-corrected chi connectivity index (χ0v) is 14.1. The van der Waals surface area contributed by atoms with Crippen LogP contribution in [0.4, 0.5) is 0 Å². The first-order valence-corrected chi connectivity index (χ1v) is 8.58. The second kappa shape index (κ2) is 7.84. The van der Waals surface area contributed by atoms with Crippen LogP contribution in [0.1, 0.15) is 64.0 Å². The Morgan fingerprint density at radius 3 is 2.81 bits per heavy atom. The van der Waals surface area contributed by atoms with Crippen LogP contribution in [0.15, 0.2) is 18.2 Å². The summed E-state index contributed by atoms with van der Waals surface area (Å²) >= 11 is 0. The number of rotatable bonds is 6. The van der Waals surface area contributed by atoms with Crippen molar-refractivity contribution in [1.29, 1.82) is 0 Å². The van der Waals surface area contributed by atoms with E-state index in [-0.39, 0.29) is 0 Å². The topological polar surface area (TPSA) is 21.3 Å². The number of hydrogen-bond acceptors (Lipinski definition) is 2. The third-order valence-electron chi connectivity index (χ3n) is 4.52. The summed E-state index contributed by atoms with van der Waals surface area (Å²) in [6, 6.07) is 7.07. The molecule has 0 heterocycles. The number of hydrogen-bond donors (Lipinski definition) is 1. The van der Waals surface area contributed by atoms with Crippen molar-refractivity contribution in [3.63, 3.8) is 0 Å². The van der Waals surface area contributed by atoms with Gasteiger partial charge in [-0.2, -0.15) is 0 Å². The molecule has 2 unspecified atom stereocenters. The van der Waals surface area contributed by atoms with E-state index >= 15 is 0 Å². The Hall–Kier alpha value is -1.02. The molecule has 0 aromatic heterocycles. The van der Waals surface area contributed by atoms with E-state index in [1.807, 2.05) is 0 Å². The molecule has 1 aromatic rings. The van der Waals surface area contributed by atoms with Crippen LogP contribution in [0.25, 0.3) is 0 Å². The zero-order chi connectivity index (χ0) is 15.2. The largest absolute Gasteiger partial charge is 0.490 e. The van der Waals surface area contributed by atoms with Crippen LogP contribution in [-0.2, 0) is 6.54 Å². The van der Waals surface area contributed by atoms with Crippen LogP contribution in [0.2, 0.25) is 0 Å². The molecule has 118 valence electrons. The highest BCUT2D eigenvalue weighted by Gasteiger charge is 2.22. The lowest BCUT2D eigenvalue weighted by molar-refractivity contribution is 0.121. The average Bonchev–Trinajstić information content (AvgIpc) is 2.47. The Balaban J connectivity index is 2.04. The predicted octanol–water partition coefficient (Wildman–Crippen LogP) is 4.84. The lowest BCUT2D eigenvalue weighted by Gasteiger charge is -2.29. The lowest BCUT2D eigenvalue weighted by Crippen LogP contribution is -2.26. The first kappa shape index (κ1) is 16.4. The summed E-state index contributed by atoms with van der Waals surface area (Å²) in [5.74, 6) is 1.93. The van der Waals surface area contributed by atoms with Gasteiger partial charge in [0.2, 0.25) is 0 Å². The molecule has 0 radical (unpaired) electrons. The van der Waals surface area contributed by atoms with Gasteiger partial charge in [0.25, 0.3) is 0 Å². The fraction of sp³-hybridized carbons (Fsp3) is 0.684. The molecule has 2 heteroatoms. The molecule has 1 aromatic carbocycles.